The van der Waals surface area contributed by atoms with Gasteiger partial charge >= 0.3 is 6.03 Å². The fourth-order valence-electron chi connectivity index (χ4n) is 3.46. The molecule has 5 nitrogen and oxygen atoms in total. The molecule has 2 aliphatic rings. The highest BCUT2D eigenvalue weighted by Crippen LogP contribution is 2.32. The number of rotatable bonds is 3. The summed E-state index contributed by atoms with van der Waals surface area (Å²) in [6.45, 7) is 1.84. The first-order valence-electron chi connectivity index (χ1n) is 7.94. The Kier molecular flexibility index (Phi) is 3.91. The lowest BCUT2D eigenvalue weighted by atomic mass is 9.84. The van der Waals surface area contributed by atoms with Crippen molar-refractivity contribution in [3.8, 4) is 0 Å². The van der Waals surface area contributed by atoms with Gasteiger partial charge in [0.25, 0.3) is 5.91 Å². The second kappa shape index (κ2) is 5.72. The van der Waals surface area contributed by atoms with E-state index >= 15 is 0 Å². The van der Waals surface area contributed by atoms with E-state index in [1.807, 2.05) is 30.3 Å². The maximum Gasteiger partial charge on any atom is 0.332 e. The number of carbonyl (C=O) groups is 2. The lowest BCUT2D eigenvalue weighted by molar-refractivity contribution is -0.130. The summed E-state index contributed by atoms with van der Waals surface area (Å²) in [5, 5.41) is 10.6. The van der Waals surface area contributed by atoms with Crippen molar-refractivity contribution in [2.45, 2.75) is 50.7 Å². The van der Waals surface area contributed by atoms with Gasteiger partial charge < -0.3 is 5.11 Å². The number of anilines is 1. The van der Waals surface area contributed by atoms with Gasteiger partial charge in [0.05, 0.1) is 12.1 Å². The fraction of sp³-hybridized carbons (Fsp3) is 0.529. The summed E-state index contributed by atoms with van der Waals surface area (Å²) in [5.41, 5.74) is -0.206. The summed E-state index contributed by atoms with van der Waals surface area (Å²) < 4.78 is 0. The van der Waals surface area contributed by atoms with E-state index in [1.54, 1.807) is 6.92 Å². The summed E-state index contributed by atoms with van der Waals surface area (Å²) in [7, 11) is 0. The van der Waals surface area contributed by atoms with Crippen molar-refractivity contribution in [2.75, 3.05) is 11.4 Å². The van der Waals surface area contributed by atoms with Crippen LogP contribution in [0.4, 0.5) is 10.5 Å². The minimum absolute atomic E-state index is 0.109. The van der Waals surface area contributed by atoms with E-state index in [0.717, 1.165) is 19.3 Å². The predicted molar refractivity (Wildman–Crippen MR) is 83.5 cm³/mol. The molecule has 3 rings (SSSR count). The van der Waals surface area contributed by atoms with Gasteiger partial charge in [0, 0.05) is 5.69 Å². The molecule has 1 aliphatic heterocycles. The Balaban J connectivity index is 1.81. The molecule has 1 aromatic carbocycles. The molecule has 5 heteroatoms. The van der Waals surface area contributed by atoms with E-state index in [4.69, 9.17) is 0 Å². The summed E-state index contributed by atoms with van der Waals surface area (Å²) in [6.07, 6.45) is 4.32. The van der Waals surface area contributed by atoms with Gasteiger partial charge in [-0.25, -0.2) is 4.79 Å². The third kappa shape index (κ3) is 2.61. The second-order valence-corrected chi connectivity index (χ2v) is 6.37. The van der Waals surface area contributed by atoms with Crippen LogP contribution in [-0.2, 0) is 4.79 Å². The van der Waals surface area contributed by atoms with Gasteiger partial charge in [-0.15, -0.1) is 0 Å². The quantitative estimate of drug-likeness (QED) is 0.873. The molecule has 2 fully saturated rings. The van der Waals surface area contributed by atoms with Crippen LogP contribution >= 0.6 is 0 Å². The van der Waals surface area contributed by atoms with Crippen LogP contribution in [0.5, 0.6) is 0 Å². The monoisotopic (exact) mass is 302 g/mol. The Hall–Kier alpha value is -1.88. The minimum Gasteiger partial charge on any atom is -0.388 e. The van der Waals surface area contributed by atoms with Crippen LogP contribution in [0.15, 0.2) is 30.3 Å². The smallest absolute Gasteiger partial charge is 0.332 e. The zero-order valence-electron chi connectivity index (χ0n) is 12.9. The topological polar surface area (TPSA) is 60.9 Å². The number of benzene rings is 1. The number of para-hydroxylation sites is 1. The molecule has 0 unspecified atom stereocenters. The number of β-amino-alcohol motifs (C(OH)–C–C–N with tert-alkyl or cyclic N) is 1. The van der Waals surface area contributed by atoms with Crippen LogP contribution in [0.1, 0.15) is 39.0 Å². The molecule has 22 heavy (non-hydrogen) atoms. The number of amides is 3. The molecule has 1 aromatic rings. The van der Waals surface area contributed by atoms with Gasteiger partial charge in [0.15, 0.2) is 0 Å². The summed E-state index contributed by atoms with van der Waals surface area (Å²) in [5.74, 6) is -0.229. The van der Waals surface area contributed by atoms with E-state index in [9.17, 15) is 14.7 Å². The van der Waals surface area contributed by atoms with E-state index in [-0.39, 0.29) is 18.5 Å². The summed E-state index contributed by atoms with van der Waals surface area (Å²) >= 11 is 0. The molecule has 3 amide bonds. The number of aliphatic hydroxyl groups is 1. The molecular weight excluding hydrogens is 280 g/mol. The van der Waals surface area contributed by atoms with Crippen molar-refractivity contribution >= 4 is 17.6 Å². The van der Waals surface area contributed by atoms with Crippen molar-refractivity contribution < 1.29 is 14.7 Å². The van der Waals surface area contributed by atoms with Gasteiger partial charge in [-0.3, -0.25) is 14.6 Å². The Morgan fingerprint density at radius 1 is 1.14 bits per heavy atom. The Bertz CT molecular complexity index is 567. The van der Waals surface area contributed by atoms with Crippen LogP contribution in [0, 0.1) is 0 Å². The third-order valence-electron chi connectivity index (χ3n) is 4.72. The number of hydrogen-bond donors (Lipinski definition) is 1. The number of imide groups is 1. The van der Waals surface area contributed by atoms with E-state index in [2.05, 4.69) is 0 Å². The van der Waals surface area contributed by atoms with Crippen molar-refractivity contribution in [1.82, 2.24) is 4.90 Å². The Morgan fingerprint density at radius 2 is 1.77 bits per heavy atom. The van der Waals surface area contributed by atoms with Crippen molar-refractivity contribution in [3.63, 3.8) is 0 Å². The lowest BCUT2D eigenvalue weighted by Crippen LogP contribution is -2.47. The molecule has 1 saturated heterocycles. The highest BCUT2D eigenvalue weighted by molar-refractivity contribution is 6.14. The first kappa shape index (κ1) is 15.0. The number of carbonyl (C=O) groups excluding carboxylic acids is 2. The highest BCUT2D eigenvalue weighted by Gasteiger charge is 2.46. The Morgan fingerprint density at radius 3 is 2.41 bits per heavy atom. The predicted octanol–water partition coefficient (Wildman–Crippen LogP) is 2.54. The molecular formula is C17H22N2O3. The molecule has 1 N–H and O–H groups in total. The largest absolute Gasteiger partial charge is 0.388 e. The van der Waals surface area contributed by atoms with Gasteiger partial charge in [0.2, 0.25) is 0 Å². The lowest BCUT2D eigenvalue weighted by Gasteiger charge is -2.34. The van der Waals surface area contributed by atoms with Crippen LogP contribution in [0.25, 0.3) is 0 Å². The average Bonchev–Trinajstić information content (AvgIpc) is 2.72. The number of nitrogens with zero attached hydrogens (tertiary/aromatic N) is 2. The summed E-state index contributed by atoms with van der Waals surface area (Å²) in [4.78, 5) is 27.9. The Labute approximate surface area is 130 Å². The fourth-order valence-corrected chi connectivity index (χ4v) is 3.46. The molecule has 0 aromatic heterocycles. The van der Waals surface area contributed by atoms with Crippen LogP contribution in [0.2, 0.25) is 0 Å². The van der Waals surface area contributed by atoms with Gasteiger partial charge in [-0.1, -0.05) is 37.5 Å². The molecule has 1 atom stereocenters. The maximum atomic E-state index is 12.7. The molecule has 0 radical (unpaired) electrons. The average molecular weight is 302 g/mol. The molecule has 0 spiro atoms. The van der Waals surface area contributed by atoms with Gasteiger partial charge in [0.1, 0.15) is 6.04 Å². The van der Waals surface area contributed by atoms with Crippen LogP contribution in [-0.4, -0.2) is 40.1 Å². The molecule has 1 saturated carbocycles. The van der Waals surface area contributed by atoms with E-state index in [1.165, 1.54) is 9.80 Å². The van der Waals surface area contributed by atoms with Crippen molar-refractivity contribution in [1.29, 1.82) is 0 Å². The maximum absolute atomic E-state index is 12.7. The zero-order chi connectivity index (χ0) is 15.7. The summed E-state index contributed by atoms with van der Waals surface area (Å²) in [6, 6.07) is 8.35. The normalized spacial score (nSPS) is 24.9. The standard InChI is InChI=1S/C17H22N2O3/c1-13-15(20)18(12-17(22)10-6-3-7-11-17)16(21)19(13)14-8-4-2-5-9-14/h2,4-5,8-9,13,22H,3,6-7,10-12H2,1H3/t13-/m1/s1. The minimum atomic E-state index is -0.921. The third-order valence-corrected chi connectivity index (χ3v) is 4.72. The van der Waals surface area contributed by atoms with E-state index < -0.39 is 11.6 Å². The molecule has 1 aliphatic carbocycles. The molecule has 118 valence electrons. The first-order valence-corrected chi connectivity index (χ1v) is 7.94. The second-order valence-electron chi connectivity index (χ2n) is 6.37. The number of hydrogen-bond acceptors (Lipinski definition) is 3. The molecule has 1 heterocycles. The van der Waals surface area contributed by atoms with Gasteiger partial charge in [-0.2, -0.15) is 0 Å². The van der Waals surface area contributed by atoms with Crippen molar-refractivity contribution in [2.24, 2.45) is 0 Å². The van der Waals surface area contributed by atoms with Crippen LogP contribution < -0.4 is 4.90 Å². The molecule has 0 bridgehead atoms. The van der Waals surface area contributed by atoms with Gasteiger partial charge in [-0.05, 0) is 31.9 Å². The number of urea groups is 1. The van der Waals surface area contributed by atoms with Crippen LogP contribution in [0.3, 0.4) is 0 Å². The van der Waals surface area contributed by atoms with Crippen molar-refractivity contribution in [3.05, 3.63) is 30.3 Å². The first-order chi connectivity index (χ1) is 10.5. The SMILES string of the molecule is C[C@@H]1C(=O)N(CC2(O)CCCCC2)C(=O)N1c1ccccc1. The highest BCUT2D eigenvalue weighted by atomic mass is 16.3. The van der Waals surface area contributed by atoms with E-state index in [0.29, 0.717) is 18.5 Å². The zero-order valence-corrected chi connectivity index (χ0v) is 12.9.